The Bertz CT molecular complexity index is 1190. The van der Waals surface area contributed by atoms with Crippen molar-refractivity contribution in [3.63, 3.8) is 0 Å². The van der Waals surface area contributed by atoms with Crippen LogP contribution in [0.5, 0.6) is 11.7 Å². The van der Waals surface area contributed by atoms with Crippen LogP contribution in [0.2, 0.25) is 0 Å². The van der Waals surface area contributed by atoms with E-state index in [1.807, 2.05) is 0 Å². The molecule has 1 fully saturated rings. The van der Waals surface area contributed by atoms with Crippen LogP contribution in [0, 0.1) is 0 Å². The van der Waals surface area contributed by atoms with E-state index < -0.39 is 37.3 Å². The number of aliphatic hydroxyl groups excluding tert-OH is 6. The average molecular weight is 495 g/mol. The molecule has 4 rings (SSSR count). The molecule has 1 saturated heterocycles. The summed E-state index contributed by atoms with van der Waals surface area (Å²) in [4.78, 5) is 0.644. The molecule has 3 aromatic rings. The molecule has 1 aromatic carbocycles. The Morgan fingerprint density at radius 1 is 1.00 bits per heavy atom. The lowest BCUT2D eigenvalue weighted by atomic mass is 9.99. The van der Waals surface area contributed by atoms with E-state index in [1.165, 1.54) is 11.3 Å². The molecule has 1 aliphatic rings. The second-order valence-electron chi connectivity index (χ2n) is 7.80. The number of hydrogen-bond acceptors (Lipinski definition) is 11. The molecule has 0 radical (unpaired) electrons. The van der Waals surface area contributed by atoms with Crippen molar-refractivity contribution in [3.8, 4) is 11.7 Å². The maximum atomic E-state index is 10.6. The van der Waals surface area contributed by atoms with Gasteiger partial charge in [-0.15, -0.1) is 11.3 Å². The van der Waals surface area contributed by atoms with Crippen LogP contribution in [-0.2, 0) is 11.3 Å². The van der Waals surface area contributed by atoms with Gasteiger partial charge in [0, 0.05) is 11.5 Å². The first-order chi connectivity index (χ1) is 16.4. The highest BCUT2D eigenvalue weighted by molar-refractivity contribution is 7.20. The van der Waals surface area contributed by atoms with Crippen LogP contribution in [-0.4, -0.2) is 79.7 Å². The lowest BCUT2D eigenvalue weighted by Gasteiger charge is -2.39. The van der Waals surface area contributed by atoms with Crippen LogP contribution in [0.15, 0.2) is 34.8 Å². The fraction of sp³-hybridized carbons (Fsp3) is 0.391. The number of thiophene rings is 1. The summed E-state index contributed by atoms with van der Waals surface area (Å²) in [6, 6.07) is 3.35. The van der Waals surface area contributed by atoms with Crippen molar-refractivity contribution in [2.75, 3.05) is 13.2 Å². The summed E-state index contributed by atoms with van der Waals surface area (Å²) in [5.41, 5.74) is 0. The molecular formula is C23H26O10S. The van der Waals surface area contributed by atoms with Gasteiger partial charge in [-0.2, -0.15) is 0 Å². The number of furan rings is 1. The van der Waals surface area contributed by atoms with E-state index in [9.17, 15) is 30.6 Å². The van der Waals surface area contributed by atoms with Gasteiger partial charge in [0.15, 0.2) is 0 Å². The summed E-state index contributed by atoms with van der Waals surface area (Å²) in [5.74, 6) is 0.0170. The van der Waals surface area contributed by atoms with E-state index in [4.69, 9.17) is 19.0 Å². The third-order valence-corrected chi connectivity index (χ3v) is 6.68. The van der Waals surface area contributed by atoms with Crippen LogP contribution in [0.1, 0.15) is 17.1 Å². The van der Waals surface area contributed by atoms with Gasteiger partial charge in [0.2, 0.25) is 6.29 Å². The Labute approximate surface area is 197 Å². The maximum absolute atomic E-state index is 10.6. The standard InChI is InChI=1S/C23H26O10S/c24-6-4-2-1-3-5-13-16-14(32-23-20(29)19(28)18(27)15(10-26)33-23)8-11-7-12(9-25)34-21(11)17(16)22(30)31-13/h1-3,5,7-8,15,18-20,23-30H,4,6,9-10H2/b2-1+,5-3+/t15-,18-,19+,20-,23-/m1/s1. The summed E-state index contributed by atoms with van der Waals surface area (Å²) in [5, 5.41) is 70.4. The highest BCUT2D eigenvalue weighted by Crippen LogP contribution is 2.46. The van der Waals surface area contributed by atoms with E-state index in [0.29, 0.717) is 32.2 Å². The molecule has 11 heteroatoms. The zero-order valence-electron chi connectivity index (χ0n) is 17.9. The first-order valence-corrected chi connectivity index (χ1v) is 11.4. The van der Waals surface area contributed by atoms with Crippen molar-refractivity contribution in [1.82, 2.24) is 0 Å². The van der Waals surface area contributed by atoms with Gasteiger partial charge in [-0.25, -0.2) is 0 Å². The lowest BCUT2D eigenvalue weighted by molar-refractivity contribution is -0.277. The topological polar surface area (TPSA) is 173 Å². The Morgan fingerprint density at radius 3 is 2.50 bits per heavy atom. The van der Waals surface area contributed by atoms with Crippen LogP contribution in [0.3, 0.4) is 0 Å². The fourth-order valence-electron chi connectivity index (χ4n) is 3.84. The molecule has 1 aliphatic heterocycles. The predicted octanol–water partition coefficient (Wildman–Crippen LogP) is 0.976. The summed E-state index contributed by atoms with van der Waals surface area (Å²) >= 11 is 1.27. The van der Waals surface area contributed by atoms with E-state index in [2.05, 4.69) is 0 Å². The second-order valence-corrected chi connectivity index (χ2v) is 8.94. The smallest absolute Gasteiger partial charge is 0.292 e. The molecule has 0 amide bonds. The van der Waals surface area contributed by atoms with E-state index >= 15 is 0 Å². The van der Waals surface area contributed by atoms with Crippen LogP contribution < -0.4 is 4.74 Å². The Balaban J connectivity index is 1.82. The number of aromatic hydroxyl groups is 1. The Kier molecular flexibility index (Phi) is 7.55. The van der Waals surface area contributed by atoms with Gasteiger partial charge >= 0.3 is 0 Å². The molecule has 10 nitrogen and oxygen atoms in total. The highest BCUT2D eigenvalue weighted by atomic mass is 32.1. The van der Waals surface area contributed by atoms with Crippen molar-refractivity contribution in [2.45, 2.75) is 43.7 Å². The molecule has 5 atom stereocenters. The molecule has 0 saturated carbocycles. The normalized spacial score (nSPS) is 25.9. The van der Waals surface area contributed by atoms with Gasteiger partial charge in [-0.05, 0) is 30.0 Å². The first-order valence-electron chi connectivity index (χ1n) is 10.6. The molecule has 3 heterocycles. The van der Waals surface area contributed by atoms with Crippen LogP contribution >= 0.6 is 11.3 Å². The Hall–Kier alpha value is -2.48. The average Bonchev–Trinajstić information content (AvgIpc) is 3.39. The summed E-state index contributed by atoms with van der Waals surface area (Å²) in [7, 11) is 0. The monoisotopic (exact) mass is 494 g/mol. The summed E-state index contributed by atoms with van der Waals surface area (Å²) in [6.07, 6.45) is -0.209. The first kappa shape index (κ1) is 24.6. The van der Waals surface area contributed by atoms with Crippen molar-refractivity contribution in [3.05, 3.63) is 41.0 Å². The minimum Gasteiger partial charge on any atom is -0.480 e. The van der Waals surface area contributed by atoms with Crippen molar-refractivity contribution >= 4 is 38.3 Å². The van der Waals surface area contributed by atoms with Gasteiger partial charge < -0.3 is 49.6 Å². The molecular weight excluding hydrogens is 468 g/mol. The number of fused-ring (bicyclic) bond motifs is 3. The summed E-state index contributed by atoms with van der Waals surface area (Å²) < 4.78 is 17.6. The molecule has 0 aliphatic carbocycles. The SMILES string of the molecule is OCC/C=C/C=C/c1oc(O)c2c1c(O[C@@H]1O[C@H](CO)[C@@H](O)[C@H](O)[C@H]1O)cc1cc(CO)sc12. The fourth-order valence-corrected chi connectivity index (χ4v) is 4.88. The third-order valence-electron chi connectivity index (χ3n) is 5.53. The van der Waals surface area contributed by atoms with E-state index in [1.54, 1.807) is 36.4 Å². The second kappa shape index (κ2) is 10.4. The molecule has 0 bridgehead atoms. The van der Waals surface area contributed by atoms with Gasteiger partial charge in [0.1, 0.15) is 35.9 Å². The minimum atomic E-state index is -1.63. The number of rotatable bonds is 8. The molecule has 34 heavy (non-hydrogen) atoms. The van der Waals surface area contributed by atoms with Crippen molar-refractivity contribution in [2.24, 2.45) is 0 Å². The number of hydrogen-bond donors (Lipinski definition) is 7. The summed E-state index contributed by atoms with van der Waals surface area (Å²) in [6.45, 7) is -0.801. The van der Waals surface area contributed by atoms with Crippen molar-refractivity contribution in [1.29, 1.82) is 0 Å². The predicted molar refractivity (Wildman–Crippen MR) is 123 cm³/mol. The van der Waals surface area contributed by atoms with E-state index in [-0.39, 0.29) is 30.7 Å². The molecule has 0 spiro atoms. The zero-order chi connectivity index (χ0) is 24.4. The number of ether oxygens (including phenoxy) is 2. The van der Waals surface area contributed by atoms with Gasteiger partial charge in [0.25, 0.3) is 5.95 Å². The molecule has 7 N–H and O–H groups in total. The third kappa shape index (κ3) is 4.57. The number of aliphatic hydroxyl groups is 6. The number of allylic oxidation sites excluding steroid dienone is 2. The van der Waals surface area contributed by atoms with Gasteiger partial charge in [-0.1, -0.05) is 18.2 Å². The van der Waals surface area contributed by atoms with Crippen LogP contribution in [0.4, 0.5) is 0 Å². The largest absolute Gasteiger partial charge is 0.480 e. The number of benzene rings is 1. The lowest BCUT2D eigenvalue weighted by Crippen LogP contribution is -2.60. The van der Waals surface area contributed by atoms with Crippen molar-refractivity contribution < 1.29 is 49.6 Å². The Morgan fingerprint density at radius 2 is 1.79 bits per heavy atom. The molecule has 0 unspecified atom stereocenters. The van der Waals surface area contributed by atoms with Gasteiger partial charge in [-0.3, -0.25) is 0 Å². The zero-order valence-corrected chi connectivity index (χ0v) is 18.8. The quantitative estimate of drug-likeness (QED) is 0.224. The minimum absolute atomic E-state index is 0.00937. The molecule has 184 valence electrons. The van der Waals surface area contributed by atoms with E-state index in [0.717, 1.165) is 0 Å². The van der Waals surface area contributed by atoms with Gasteiger partial charge in [0.05, 0.1) is 28.7 Å². The molecule has 2 aromatic heterocycles. The van der Waals surface area contributed by atoms with Crippen LogP contribution in [0.25, 0.3) is 26.9 Å². The maximum Gasteiger partial charge on any atom is 0.292 e. The highest BCUT2D eigenvalue weighted by Gasteiger charge is 2.45.